The van der Waals surface area contributed by atoms with Crippen LogP contribution in [0, 0.1) is 11.3 Å². The number of amides is 2. The van der Waals surface area contributed by atoms with E-state index in [1.165, 1.54) is 12.1 Å². The standard InChI is InChI=1S/C27H32ClN3O5S/c1-27(2,3)36-26(33)31(37(34,35)17-5-14-28)24-7-4-6-23(18-24)25(32)30-15-12-22(13-16-30)21-10-8-20(19-29)9-11-21/h4,6-11,18,22H,5,12-17H2,1-3H3. The zero-order valence-electron chi connectivity index (χ0n) is 21.3. The normalized spacial score (nSPS) is 14.6. The third-order valence-corrected chi connectivity index (χ3v) is 7.98. The second-order valence-electron chi connectivity index (χ2n) is 9.95. The zero-order chi connectivity index (χ0) is 27.2. The quantitative estimate of drug-likeness (QED) is 0.438. The number of halogens is 1. The summed E-state index contributed by atoms with van der Waals surface area (Å²) in [6, 6.07) is 15.7. The molecular weight excluding hydrogens is 514 g/mol. The monoisotopic (exact) mass is 545 g/mol. The Morgan fingerprint density at radius 2 is 1.78 bits per heavy atom. The van der Waals surface area contributed by atoms with Gasteiger partial charge in [-0.25, -0.2) is 13.2 Å². The molecule has 37 heavy (non-hydrogen) atoms. The number of piperidine rings is 1. The number of carbonyl (C=O) groups excluding carboxylic acids is 2. The lowest BCUT2D eigenvalue weighted by atomic mass is 9.89. The van der Waals surface area contributed by atoms with Gasteiger partial charge in [-0.15, -0.1) is 11.6 Å². The topological polar surface area (TPSA) is 108 Å². The summed E-state index contributed by atoms with van der Waals surface area (Å²) in [5, 5.41) is 9.00. The Hall–Kier alpha value is -3.09. The van der Waals surface area contributed by atoms with E-state index < -0.39 is 21.7 Å². The van der Waals surface area contributed by atoms with Crippen molar-refractivity contribution in [3.05, 3.63) is 65.2 Å². The van der Waals surface area contributed by atoms with Gasteiger partial charge in [0.2, 0.25) is 10.0 Å². The molecule has 0 aromatic heterocycles. The van der Waals surface area contributed by atoms with Crippen LogP contribution in [0.2, 0.25) is 0 Å². The summed E-state index contributed by atoms with van der Waals surface area (Å²) >= 11 is 5.70. The molecule has 3 rings (SSSR count). The first-order valence-electron chi connectivity index (χ1n) is 12.2. The van der Waals surface area contributed by atoms with Gasteiger partial charge in [0, 0.05) is 24.5 Å². The number of carbonyl (C=O) groups is 2. The molecule has 198 valence electrons. The second kappa shape index (κ2) is 12.0. The first kappa shape index (κ1) is 28.5. The summed E-state index contributed by atoms with van der Waals surface area (Å²) in [6.07, 6.45) is 0.674. The number of hydrogen-bond acceptors (Lipinski definition) is 6. The minimum Gasteiger partial charge on any atom is -0.443 e. The molecule has 1 aliphatic heterocycles. The molecule has 1 heterocycles. The van der Waals surface area contributed by atoms with Crippen molar-refractivity contribution in [2.24, 2.45) is 0 Å². The molecule has 2 aromatic rings. The minimum atomic E-state index is -4.09. The fraction of sp³-hybridized carbons (Fsp3) is 0.444. The van der Waals surface area contributed by atoms with Crippen molar-refractivity contribution in [3.63, 3.8) is 0 Å². The van der Waals surface area contributed by atoms with Gasteiger partial charge in [0.25, 0.3) is 5.91 Å². The molecule has 8 nitrogen and oxygen atoms in total. The molecule has 1 aliphatic rings. The molecule has 0 bridgehead atoms. The second-order valence-corrected chi connectivity index (χ2v) is 12.3. The predicted molar refractivity (Wildman–Crippen MR) is 143 cm³/mol. The first-order chi connectivity index (χ1) is 17.4. The number of ether oxygens (including phenoxy) is 1. The van der Waals surface area contributed by atoms with Crippen LogP contribution in [0.15, 0.2) is 48.5 Å². The van der Waals surface area contributed by atoms with Crippen molar-refractivity contribution in [3.8, 4) is 6.07 Å². The van der Waals surface area contributed by atoms with Gasteiger partial charge in [-0.2, -0.15) is 9.57 Å². The van der Waals surface area contributed by atoms with Crippen LogP contribution >= 0.6 is 11.6 Å². The molecule has 0 unspecified atom stereocenters. The van der Waals surface area contributed by atoms with Crippen molar-refractivity contribution < 1.29 is 22.7 Å². The highest BCUT2D eigenvalue weighted by Crippen LogP contribution is 2.30. The SMILES string of the molecule is CC(C)(C)OC(=O)N(c1cccc(C(=O)N2CCC(c3ccc(C#N)cc3)CC2)c1)S(=O)(=O)CCCCl. The number of likely N-dealkylation sites (tertiary alicyclic amines) is 1. The Labute approximate surface area is 223 Å². The maximum Gasteiger partial charge on any atom is 0.428 e. The fourth-order valence-electron chi connectivity index (χ4n) is 4.20. The van der Waals surface area contributed by atoms with Crippen LogP contribution in [0.1, 0.15) is 67.4 Å². The van der Waals surface area contributed by atoms with Gasteiger partial charge >= 0.3 is 6.09 Å². The smallest absolute Gasteiger partial charge is 0.428 e. The van der Waals surface area contributed by atoms with Crippen molar-refractivity contribution in [1.29, 1.82) is 5.26 Å². The van der Waals surface area contributed by atoms with Crippen LogP contribution in [0.25, 0.3) is 0 Å². The van der Waals surface area contributed by atoms with E-state index in [0.717, 1.165) is 18.4 Å². The summed E-state index contributed by atoms with van der Waals surface area (Å²) in [7, 11) is -4.09. The van der Waals surface area contributed by atoms with E-state index in [9.17, 15) is 18.0 Å². The maximum absolute atomic E-state index is 13.3. The van der Waals surface area contributed by atoms with Gasteiger partial charge in [0.1, 0.15) is 5.60 Å². The van der Waals surface area contributed by atoms with E-state index in [0.29, 0.717) is 23.0 Å². The lowest BCUT2D eigenvalue weighted by Crippen LogP contribution is -2.42. The molecule has 10 heteroatoms. The minimum absolute atomic E-state index is 0.0436. The van der Waals surface area contributed by atoms with Crippen molar-refractivity contribution in [1.82, 2.24) is 4.90 Å². The van der Waals surface area contributed by atoms with Crippen molar-refractivity contribution in [2.45, 2.75) is 51.6 Å². The third kappa shape index (κ3) is 7.46. The van der Waals surface area contributed by atoms with Gasteiger partial charge in [0.05, 0.1) is 23.1 Å². The van der Waals surface area contributed by atoms with E-state index in [4.69, 9.17) is 21.6 Å². The number of hydrogen-bond donors (Lipinski definition) is 0. The van der Waals surface area contributed by atoms with E-state index in [1.54, 1.807) is 49.9 Å². The molecule has 0 spiro atoms. The largest absolute Gasteiger partial charge is 0.443 e. The van der Waals surface area contributed by atoms with Crippen LogP contribution in [-0.4, -0.2) is 55.6 Å². The summed E-state index contributed by atoms with van der Waals surface area (Å²) in [5.41, 5.74) is 1.17. The number of sulfonamides is 1. The van der Waals surface area contributed by atoms with E-state index in [2.05, 4.69) is 6.07 Å². The van der Waals surface area contributed by atoms with Crippen LogP contribution in [-0.2, 0) is 14.8 Å². The Kier molecular flexibility index (Phi) is 9.21. The molecule has 0 atom stereocenters. The Morgan fingerprint density at radius 1 is 1.14 bits per heavy atom. The number of nitrogens with zero attached hydrogens (tertiary/aromatic N) is 3. The molecule has 0 radical (unpaired) electrons. The van der Waals surface area contributed by atoms with Gasteiger partial charge < -0.3 is 9.64 Å². The van der Waals surface area contributed by atoms with Crippen LogP contribution in [0.4, 0.5) is 10.5 Å². The molecule has 0 N–H and O–H groups in total. The number of anilines is 1. The van der Waals surface area contributed by atoms with E-state index in [1.807, 2.05) is 12.1 Å². The average Bonchev–Trinajstić information content (AvgIpc) is 2.86. The average molecular weight is 546 g/mol. The Bertz CT molecular complexity index is 1260. The summed E-state index contributed by atoms with van der Waals surface area (Å²) in [6.45, 7) is 6.02. The number of rotatable bonds is 7. The first-order valence-corrected chi connectivity index (χ1v) is 14.3. The maximum atomic E-state index is 13.3. The fourth-order valence-corrected chi connectivity index (χ4v) is 5.89. The number of benzene rings is 2. The number of alkyl halides is 1. The summed E-state index contributed by atoms with van der Waals surface area (Å²) < 4.78 is 32.1. The molecule has 0 saturated carbocycles. The van der Waals surface area contributed by atoms with Gasteiger partial charge in [-0.05, 0) is 81.8 Å². The van der Waals surface area contributed by atoms with E-state index in [-0.39, 0.29) is 41.1 Å². The van der Waals surface area contributed by atoms with Crippen molar-refractivity contribution in [2.75, 3.05) is 29.0 Å². The highest BCUT2D eigenvalue weighted by molar-refractivity contribution is 7.93. The molecule has 1 fully saturated rings. The van der Waals surface area contributed by atoms with Crippen molar-refractivity contribution >= 4 is 39.3 Å². The number of nitriles is 1. The third-order valence-electron chi connectivity index (χ3n) is 5.99. The molecule has 2 aromatic carbocycles. The lowest BCUT2D eigenvalue weighted by Gasteiger charge is -2.32. The van der Waals surface area contributed by atoms with Crippen LogP contribution in [0.5, 0.6) is 0 Å². The summed E-state index contributed by atoms with van der Waals surface area (Å²) in [5.74, 6) is -0.157. The molecular formula is C27H32ClN3O5S. The highest BCUT2D eigenvalue weighted by Gasteiger charge is 2.34. The molecule has 2 amide bonds. The molecule has 0 aliphatic carbocycles. The molecule has 1 saturated heterocycles. The summed E-state index contributed by atoms with van der Waals surface area (Å²) in [4.78, 5) is 28.0. The highest BCUT2D eigenvalue weighted by atomic mass is 35.5. The Morgan fingerprint density at radius 3 is 2.35 bits per heavy atom. The predicted octanol–water partition coefficient (Wildman–Crippen LogP) is 5.28. The Balaban J connectivity index is 1.79. The van der Waals surface area contributed by atoms with Gasteiger partial charge in [-0.1, -0.05) is 18.2 Å². The van der Waals surface area contributed by atoms with Gasteiger partial charge in [0.15, 0.2) is 0 Å². The van der Waals surface area contributed by atoms with Gasteiger partial charge in [-0.3, -0.25) is 4.79 Å². The van der Waals surface area contributed by atoms with Crippen LogP contribution in [0.3, 0.4) is 0 Å². The lowest BCUT2D eigenvalue weighted by molar-refractivity contribution is 0.0607. The van der Waals surface area contributed by atoms with E-state index >= 15 is 0 Å². The van der Waals surface area contributed by atoms with Crippen LogP contribution < -0.4 is 4.31 Å². The zero-order valence-corrected chi connectivity index (χ0v) is 22.9.